The van der Waals surface area contributed by atoms with Crippen LogP contribution in [-0.2, 0) is 5.41 Å². The molecule has 0 fully saturated rings. The van der Waals surface area contributed by atoms with Crippen LogP contribution in [0.1, 0.15) is 25.0 Å². The van der Waals surface area contributed by atoms with Gasteiger partial charge in [-0.25, -0.2) is 15.0 Å². The molecule has 9 aromatic carbocycles. The van der Waals surface area contributed by atoms with Crippen molar-refractivity contribution >= 4 is 43.6 Å². The summed E-state index contributed by atoms with van der Waals surface area (Å²) in [5.41, 5.74) is 13.5. The highest BCUT2D eigenvalue weighted by molar-refractivity contribution is 6.13. The predicted molar refractivity (Wildman–Crippen MR) is 269 cm³/mol. The zero-order valence-electron chi connectivity index (χ0n) is 36.4. The molecule has 12 aromatic rings. The quantitative estimate of drug-likeness (QED) is 0.167. The van der Waals surface area contributed by atoms with E-state index in [9.17, 15) is 0 Å². The molecule has 3 aromatic heterocycles. The molecule has 312 valence electrons. The molecule has 0 saturated heterocycles. The topological polar surface area (TPSA) is 57.8 Å². The third-order valence-electron chi connectivity index (χ3n) is 13.4. The molecule has 4 heterocycles. The van der Waals surface area contributed by atoms with Crippen LogP contribution >= 0.6 is 0 Å². The molecular formula is C60H41N5O. The molecule has 0 atom stereocenters. The molecule has 6 heteroatoms. The number of aromatic nitrogens is 5. The molecule has 0 unspecified atom stereocenters. The number of para-hydroxylation sites is 5. The molecule has 1 aliphatic rings. The molecule has 0 bridgehead atoms. The highest BCUT2D eigenvalue weighted by Crippen LogP contribution is 2.53. The highest BCUT2D eigenvalue weighted by Gasteiger charge is 2.38. The number of rotatable bonds is 6. The van der Waals surface area contributed by atoms with E-state index in [1.807, 2.05) is 60.7 Å². The first-order chi connectivity index (χ1) is 32.5. The van der Waals surface area contributed by atoms with Gasteiger partial charge in [0.25, 0.3) is 0 Å². The van der Waals surface area contributed by atoms with E-state index in [0.717, 1.165) is 67.3 Å². The number of hydrogen-bond donors (Lipinski definition) is 0. The van der Waals surface area contributed by atoms with Gasteiger partial charge in [0.2, 0.25) is 0 Å². The second kappa shape index (κ2) is 14.7. The second-order valence-corrected chi connectivity index (χ2v) is 17.6. The molecule has 0 aliphatic carbocycles. The van der Waals surface area contributed by atoms with Crippen molar-refractivity contribution in [2.75, 3.05) is 0 Å². The van der Waals surface area contributed by atoms with Gasteiger partial charge >= 0.3 is 0 Å². The van der Waals surface area contributed by atoms with Crippen molar-refractivity contribution in [3.8, 4) is 68.2 Å². The van der Waals surface area contributed by atoms with Gasteiger partial charge in [-0.15, -0.1) is 0 Å². The summed E-state index contributed by atoms with van der Waals surface area (Å²) in [6.07, 6.45) is 0. The summed E-state index contributed by atoms with van der Waals surface area (Å²) < 4.78 is 12.1. The average molecular weight is 848 g/mol. The van der Waals surface area contributed by atoms with Crippen LogP contribution in [-0.4, -0.2) is 24.1 Å². The molecule has 0 radical (unpaired) electrons. The fraction of sp³-hybridized carbons (Fsp3) is 0.0500. The van der Waals surface area contributed by atoms with Gasteiger partial charge in [0.1, 0.15) is 5.75 Å². The summed E-state index contributed by atoms with van der Waals surface area (Å²) in [7, 11) is 0. The van der Waals surface area contributed by atoms with Crippen LogP contribution in [0.3, 0.4) is 0 Å². The smallest absolute Gasteiger partial charge is 0.167 e. The summed E-state index contributed by atoms with van der Waals surface area (Å²) in [5, 5.41) is 4.82. The lowest BCUT2D eigenvalue weighted by Crippen LogP contribution is -2.25. The summed E-state index contributed by atoms with van der Waals surface area (Å²) in [5.74, 6) is 3.34. The standard InChI is InChI=1S/C60H41N5O/c1-60(2)48-27-16-26-45(59-62-57(38-18-6-3-7-19-38)61-58(63-59)39-20-8-4-9-21-39)55(48)66-56-49(60)28-17-31-54(56)65-51-30-15-13-25-44(51)47-37-41(33-35-53(47)65)40-32-34-52-46(36-40)43-24-12-14-29-50(43)64(52)42-22-10-5-11-23-42/h3-37H,1-2H3. The molecular weight excluding hydrogens is 807 g/mol. The number of fused-ring (bicyclic) bond motifs is 8. The zero-order chi connectivity index (χ0) is 43.9. The van der Waals surface area contributed by atoms with E-state index in [1.165, 1.54) is 38.1 Å². The Hall–Kier alpha value is -8.61. The maximum Gasteiger partial charge on any atom is 0.167 e. The molecule has 0 spiro atoms. The molecule has 13 rings (SSSR count). The van der Waals surface area contributed by atoms with Gasteiger partial charge in [-0.3, -0.25) is 0 Å². The summed E-state index contributed by atoms with van der Waals surface area (Å²) in [4.78, 5) is 15.3. The second-order valence-electron chi connectivity index (χ2n) is 17.6. The largest absolute Gasteiger partial charge is 0.454 e. The third kappa shape index (κ3) is 5.85. The Balaban J connectivity index is 0.964. The molecule has 0 saturated carbocycles. The fourth-order valence-corrected chi connectivity index (χ4v) is 10.2. The van der Waals surface area contributed by atoms with Gasteiger partial charge in [-0.05, 0) is 71.8 Å². The molecule has 0 amide bonds. The van der Waals surface area contributed by atoms with Crippen molar-refractivity contribution in [1.82, 2.24) is 24.1 Å². The highest BCUT2D eigenvalue weighted by atomic mass is 16.5. The lowest BCUT2D eigenvalue weighted by Gasteiger charge is -2.36. The summed E-state index contributed by atoms with van der Waals surface area (Å²) in [6, 6.07) is 74.9. The Morgan fingerprint density at radius 2 is 0.833 bits per heavy atom. The van der Waals surface area contributed by atoms with E-state index in [2.05, 4.69) is 175 Å². The van der Waals surface area contributed by atoms with E-state index in [0.29, 0.717) is 17.5 Å². The minimum Gasteiger partial charge on any atom is -0.454 e. The number of benzene rings is 9. The number of hydrogen-bond acceptors (Lipinski definition) is 4. The van der Waals surface area contributed by atoms with Crippen LogP contribution in [0.25, 0.3) is 100 Å². The summed E-state index contributed by atoms with van der Waals surface area (Å²) >= 11 is 0. The van der Waals surface area contributed by atoms with E-state index < -0.39 is 5.41 Å². The minimum absolute atomic E-state index is 0.416. The Morgan fingerprint density at radius 3 is 1.44 bits per heavy atom. The van der Waals surface area contributed by atoms with Gasteiger partial charge in [-0.2, -0.15) is 0 Å². The zero-order valence-corrected chi connectivity index (χ0v) is 36.4. The SMILES string of the molecule is CC1(C)c2cccc(-c3nc(-c4ccccc4)nc(-c4ccccc4)n3)c2Oc2c(-n3c4ccccc4c4cc(-c5ccc6c(c5)c5ccccc5n6-c5ccccc5)ccc43)cccc21. The first kappa shape index (κ1) is 37.9. The maximum atomic E-state index is 7.32. The molecule has 0 N–H and O–H groups in total. The fourth-order valence-electron chi connectivity index (χ4n) is 10.2. The third-order valence-corrected chi connectivity index (χ3v) is 13.4. The lowest BCUT2D eigenvalue weighted by atomic mass is 9.75. The molecule has 6 nitrogen and oxygen atoms in total. The first-order valence-corrected chi connectivity index (χ1v) is 22.4. The monoisotopic (exact) mass is 847 g/mol. The molecule has 66 heavy (non-hydrogen) atoms. The Morgan fingerprint density at radius 1 is 0.364 bits per heavy atom. The normalized spacial score (nSPS) is 12.9. The Kier molecular flexibility index (Phi) is 8.46. The first-order valence-electron chi connectivity index (χ1n) is 22.4. The minimum atomic E-state index is -0.416. The van der Waals surface area contributed by atoms with E-state index in [4.69, 9.17) is 19.7 Å². The van der Waals surface area contributed by atoms with Crippen LogP contribution in [0.4, 0.5) is 0 Å². The van der Waals surface area contributed by atoms with E-state index in [1.54, 1.807) is 0 Å². The van der Waals surface area contributed by atoms with Crippen LogP contribution in [0.15, 0.2) is 212 Å². The van der Waals surface area contributed by atoms with Crippen molar-refractivity contribution in [3.05, 3.63) is 223 Å². The van der Waals surface area contributed by atoms with Crippen molar-refractivity contribution in [2.45, 2.75) is 19.3 Å². The van der Waals surface area contributed by atoms with Gasteiger partial charge in [0.05, 0.1) is 33.3 Å². The Labute approximate surface area is 381 Å². The number of nitrogens with zero attached hydrogens (tertiary/aromatic N) is 5. The van der Waals surface area contributed by atoms with Crippen molar-refractivity contribution < 1.29 is 4.74 Å². The van der Waals surface area contributed by atoms with E-state index >= 15 is 0 Å². The average Bonchev–Trinajstić information content (AvgIpc) is 3.89. The van der Waals surface area contributed by atoms with Crippen molar-refractivity contribution in [2.24, 2.45) is 0 Å². The van der Waals surface area contributed by atoms with Crippen LogP contribution < -0.4 is 4.74 Å². The van der Waals surface area contributed by atoms with Gasteiger partial charge in [-0.1, -0.05) is 166 Å². The van der Waals surface area contributed by atoms with Gasteiger partial charge in [0, 0.05) is 54.9 Å². The van der Waals surface area contributed by atoms with E-state index in [-0.39, 0.29) is 0 Å². The lowest BCUT2D eigenvalue weighted by molar-refractivity contribution is 0.418. The van der Waals surface area contributed by atoms with Crippen molar-refractivity contribution in [3.63, 3.8) is 0 Å². The predicted octanol–water partition coefficient (Wildman–Crippen LogP) is 15.2. The number of ether oxygens (including phenoxy) is 1. The van der Waals surface area contributed by atoms with Crippen LogP contribution in [0.5, 0.6) is 11.5 Å². The van der Waals surface area contributed by atoms with Gasteiger partial charge in [0.15, 0.2) is 23.2 Å². The van der Waals surface area contributed by atoms with Crippen LogP contribution in [0, 0.1) is 0 Å². The van der Waals surface area contributed by atoms with Crippen LogP contribution in [0.2, 0.25) is 0 Å². The maximum absolute atomic E-state index is 7.32. The molecule has 1 aliphatic heterocycles. The Bertz CT molecular complexity index is 3810. The van der Waals surface area contributed by atoms with Gasteiger partial charge < -0.3 is 13.9 Å². The summed E-state index contributed by atoms with van der Waals surface area (Å²) in [6.45, 7) is 4.57. The van der Waals surface area contributed by atoms with Crippen molar-refractivity contribution in [1.29, 1.82) is 0 Å².